The van der Waals surface area contributed by atoms with Crippen molar-refractivity contribution in [1.29, 1.82) is 0 Å². The minimum absolute atomic E-state index is 0.00552. The summed E-state index contributed by atoms with van der Waals surface area (Å²) in [6, 6.07) is 13.6. The molecule has 2 unspecified atom stereocenters. The second-order valence-electron chi connectivity index (χ2n) is 4.11. The molecular formula is C14H13NO2S. The summed E-state index contributed by atoms with van der Waals surface area (Å²) in [6.07, 6.45) is -0.187. The van der Waals surface area contributed by atoms with Crippen molar-refractivity contribution in [2.75, 3.05) is 6.61 Å². The van der Waals surface area contributed by atoms with Crippen LogP contribution in [0.4, 0.5) is 0 Å². The van der Waals surface area contributed by atoms with Crippen LogP contribution in [0.3, 0.4) is 0 Å². The molecule has 0 bridgehead atoms. The number of aliphatic imine (C=N–C) groups is 1. The van der Waals surface area contributed by atoms with E-state index in [1.54, 1.807) is 11.3 Å². The van der Waals surface area contributed by atoms with Crippen molar-refractivity contribution in [2.45, 2.75) is 12.1 Å². The average Bonchev–Trinajstić information content (AvgIpc) is 3.08. The van der Waals surface area contributed by atoms with E-state index < -0.39 is 0 Å². The summed E-state index contributed by atoms with van der Waals surface area (Å²) in [5.74, 6) is 0.637. The molecule has 0 amide bonds. The Hall–Kier alpha value is -1.65. The molecule has 0 saturated heterocycles. The Bertz CT molecular complexity index is 536. The van der Waals surface area contributed by atoms with E-state index in [9.17, 15) is 5.11 Å². The normalized spacial score (nSPS) is 22.6. The first-order valence-electron chi connectivity index (χ1n) is 5.82. The van der Waals surface area contributed by atoms with E-state index in [1.807, 2.05) is 47.8 Å². The van der Waals surface area contributed by atoms with Gasteiger partial charge in [-0.2, -0.15) is 0 Å². The lowest BCUT2D eigenvalue weighted by atomic mass is 10.0. The van der Waals surface area contributed by atoms with Crippen LogP contribution in [0.1, 0.15) is 16.5 Å². The number of rotatable bonds is 3. The van der Waals surface area contributed by atoms with E-state index in [-0.39, 0.29) is 18.8 Å². The highest BCUT2D eigenvalue weighted by Crippen LogP contribution is 2.31. The number of hydrogen-bond donors (Lipinski definition) is 1. The van der Waals surface area contributed by atoms with Crippen molar-refractivity contribution < 1.29 is 9.84 Å². The highest BCUT2D eigenvalue weighted by molar-refractivity contribution is 7.12. The first-order chi connectivity index (χ1) is 8.88. The lowest BCUT2D eigenvalue weighted by Gasteiger charge is -2.15. The van der Waals surface area contributed by atoms with Gasteiger partial charge in [-0.1, -0.05) is 36.4 Å². The Labute approximate surface area is 109 Å². The fraction of sp³-hybridized carbons (Fsp3) is 0.214. The van der Waals surface area contributed by atoms with Crippen molar-refractivity contribution in [2.24, 2.45) is 4.99 Å². The smallest absolute Gasteiger partial charge is 0.227 e. The van der Waals surface area contributed by atoms with Gasteiger partial charge in [0, 0.05) is 0 Å². The zero-order chi connectivity index (χ0) is 12.4. The minimum Gasteiger partial charge on any atom is -0.466 e. The van der Waals surface area contributed by atoms with Gasteiger partial charge < -0.3 is 9.84 Å². The number of benzene rings is 1. The Balaban J connectivity index is 1.88. The van der Waals surface area contributed by atoms with Crippen LogP contribution in [0, 0.1) is 0 Å². The summed E-state index contributed by atoms with van der Waals surface area (Å²) in [5.41, 5.74) is 1.05. The first kappa shape index (κ1) is 11.4. The molecule has 1 aromatic carbocycles. The monoisotopic (exact) mass is 259 g/mol. The quantitative estimate of drug-likeness (QED) is 0.920. The molecule has 0 spiro atoms. The average molecular weight is 259 g/mol. The maximum absolute atomic E-state index is 9.43. The van der Waals surface area contributed by atoms with E-state index in [0.717, 1.165) is 10.4 Å². The van der Waals surface area contributed by atoms with Crippen molar-refractivity contribution in [1.82, 2.24) is 0 Å². The van der Waals surface area contributed by atoms with Gasteiger partial charge in [-0.3, -0.25) is 0 Å². The molecule has 0 aliphatic carbocycles. The van der Waals surface area contributed by atoms with Crippen LogP contribution in [0.25, 0.3) is 0 Å². The van der Waals surface area contributed by atoms with E-state index in [4.69, 9.17) is 4.74 Å². The highest BCUT2D eigenvalue weighted by atomic mass is 32.1. The van der Waals surface area contributed by atoms with Crippen molar-refractivity contribution in [3.8, 4) is 0 Å². The third-order valence-corrected chi connectivity index (χ3v) is 3.78. The number of aliphatic hydroxyl groups excluding tert-OH is 1. The predicted octanol–water partition coefficient (Wildman–Crippen LogP) is 2.63. The molecule has 2 heterocycles. The van der Waals surface area contributed by atoms with Gasteiger partial charge in [0.15, 0.2) is 6.10 Å². The number of hydrogen-bond acceptors (Lipinski definition) is 4. The van der Waals surface area contributed by atoms with E-state index in [2.05, 4.69) is 4.99 Å². The van der Waals surface area contributed by atoms with Crippen LogP contribution < -0.4 is 0 Å². The molecule has 18 heavy (non-hydrogen) atoms. The predicted molar refractivity (Wildman–Crippen MR) is 72.0 cm³/mol. The van der Waals surface area contributed by atoms with Crippen LogP contribution in [-0.4, -0.2) is 23.7 Å². The fourth-order valence-electron chi connectivity index (χ4n) is 2.04. The maximum Gasteiger partial charge on any atom is 0.227 e. The molecule has 1 aliphatic rings. The van der Waals surface area contributed by atoms with Gasteiger partial charge in [-0.25, -0.2) is 4.99 Å². The maximum atomic E-state index is 9.43. The standard InChI is InChI=1S/C14H13NO2S/c16-9-11-13(10-5-2-1-3-6-10)17-14(15-11)12-7-4-8-18-12/h1-8,11,13,16H,9H2. The van der Waals surface area contributed by atoms with Gasteiger partial charge in [0.25, 0.3) is 0 Å². The summed E-state index contributed by atoms with van der Waals surface area (Å²) in [4.78, 5) is 5.47. The molecular weight excluding hydrogens is 246 g/mol. The van der Waals surface area contributed by atoms with Crippen LogP contribution in [0.5, 0.6) is 0 Å². The van der Waals surface area contributed by atoms with Gasteiger partial charge in [0.2, 0.25) is 5.90 Å². The lowest BCUT2D eigenvalue weighted by Crippen LogP contribution is -2.17. The minimum atomic E-state index is -0.218. The Morgan fingerprint density at radius 2 is 2.00 bits per heavy atom. The van der Waals surface area contributed by atoms with Crippen LogP contribution in [0.2, 0.25) is 0 Å². The summed E-state index contributed by atoms with van der Waals surface area (Å²) in [6.45, 7) is -0.00552. The molecule has 0 radical (unpaired) electrons. The van der Waals surface area contributed by atoms with Crippen LogP contribution in [0.15, 0.2) is 52.8 Å². The molecule has 0 saturated carbocycles. The number of nitrogens with zero attached hydrogens (tertiary/aromatic N) is 1. The van der Waals surface area contributed by atoms with E-state index in [0.29, 0.717) is 5.90 Å². The molecule has 2 atom stereocenters. The van der Waals surface area contributed by atoms with Gasteiger partial charge in [-0.15, -0.1) is 11.3 Å². The highest BCUT2D eigenvalue weighted by Gasteiger charge is 2.32. The van der Waals surface area contributed by atoms with Gasteiger partial charge in [-0.05, 0) is 17.0 Å². The fourth-order valence-corrected chi connectivity index (χ4v) is 2.70. The second kappa shape index (κ2) is 4.92. The van der Waals surface area contributed by atoms with Crippen molar-refractivity contribution in [3.05, 3.63) is 58.3 Å². The Morgan fingerprint density at radius 1 is 1.17 bits per heavy atom. The van der Waals surface area contributed by atoms with Crippen molar-refractivity contribution >= 4 is 17.2 Å². The SMILES string of the molecule is OCC1N=C(c2cccs2)OC1c1ccccc1. The molecule has 0 fully saturated rings. The largest absolute Gasteiger partial charge is 0.466 e. The third kappa shape index (κ3) is 2.05. The van der Waals surface area contributed by atoms with Gasteiger partial charge >= 0.3 is 0 Å². The molecule has 4 heteroatoms. The summed E-state index contributed by atoms with van der Waals surface area (Å²) < 4.78 is 5.90. The third-order valence-electron chi connectivity index (χ3n) is 2.92. The first-order valence-corrected chi connectivity index (χ1v) is 6.70. The van der Waals surface area contributed by atoms with Gasteiger partial charge in [0.1, 0.15) is 6.04 Å². The van der Waals surface area contributed by atoms with E-state index in [1.165, 1.54) is 0 Å². The van der Waals surface area contributed by atoms with Crippen LogP contribution >= 0.6 is 11.3 Å². The molecule has 2 aromatic rings. The lowest BCUT2D eigenvalue weighted by molar-refractivity contribution is 0.152. The van der Waals surface area contributed by atoms with E-state index >= 15 is 0 Å². The second-order valence-corrected chi connectivity index (χ2v) is 5.06. The van der Waals surface area contributed by atoms with Crippen LogP contribution in [-0.2, 0) is 4.74 Å². The summed E-state index contributed by atoms with van der Waals surface area (Å²) >= 11 is 1.59. The summed E-state index contributed by atoms with van der Waals surface area (Å²) in [5, 5.41) is 11.4. The van der Waals surface area contributed by atoms with Gasteiger partial charge in [0.05, 0.1) is 11.5 Å². The summed E-state index contributed by atoms with van der Waals surface area (Å²) in [7, 11) is 0. The topological polar surface area (TPSA) is 41.8 Å². The molecule has 1 aromatic heterocycles. The Kier molecular flexibility index (Phi) is 3.13. The number of ether oxygens (including phenoxy) is 1. The van der Waals surface area contributed by atoms with Crippen molar-refractivity contribution in [3.63, 3.8) is 0 Å². The number of aliphatic hydroxyl groups is 1. The Morgan fingerprint density at radius 3 is 2.67 bits per heavy atom. The molecule has 92 valence electrons. The zero-order valence-electron chi connectivity index (χ0n) is 9.69. The molecule has 3 rings (SSSR count). The molecule has 1 N–H and O–H groups in total. The molecule has 3 nitrogen and oxygen atoms in total. The zero-order valence-corrected chi connectivity index (χ0v) is 10.5. The molecule has 1 aliphatic heterocycles. The number of thiophene rings is 1.